The Morgan fingerprint density at radius 2 is 2.40 bits per heavy atom. The molecule has 2 rings (SSSR count). The number of carboxylic acid groups (broad SMARTS) is 1. The largest absolute Gasteiger partial charge is 0.476 e. The lowest BCUT2D eigenvalue weighted by atomic mass is 10.2. The summed E-state index contributed by atoms with van der Waals surface area (Å²) in [4.78, 5) is 10.9. The summed E-state index contributed by atoms with van der Waals surface area (Å²) in [5.41, 5.74) is 2.21. The minimum absolute atomic E-state index is 0.221. The Morgan fingerprint density at radius 3 is 3.07 bits per heavy atom. The van der Waals surface area contributed by atoms with Crippen molar-refractivity contribution < 1.29 is 14.6 Å². The van der Waals surface area contributed by atoms with E-state index in [-0.39, 0.29) is 5.69 Å². The molecule has 0 unspecified atom stereocenters. The van der Waals surface area contributed by atoms with Gasteiger partial charge in [0.2, 0.25) is 0 Å². The van der Waals surface area contributed by atoms with E-state index in [2.05, 4.69) is 5.10 Å². The van der Waals surface area contributed by atoms with Crippen LogP contribution in [0.1, 0.15) is 28.2 Å². The van der Waals surface area contributed by atoms with Crippen molar-refractivity contribution in [2.45, 2.75) is 25.8 Å². The molecule has 0 aliphatic heterocycles. The SMILES string of the molecule is COCCn1nc(C(=O)O)c2c1CCC2. The minimum Gasteiger partial charge on any atom is -0.476 e. The van der Waals surface area contributed by atoms with Crippen LogP contribution in [0.3, 0.4) is 0 Å². The standard InChI is InChI=1S/C10H14N2O3/c1-15-6-5-12-8-4-2-3-7(8)9(11-12)10(13)14/h2-6H2,1H3,(H,13,14). The van der Waals surface area contributed by atoms with Gasteiger partial charge in [-0.05, 0) is 19.3 Å². The van der Waals surface area contributed by atoms with E-state index in [9.17, 15) is 4.79 Å². The Labute approximate surface area is 87.7 Å². The summed E-state index contributed by atoms with van der Waals surface area (Å²) in [6, 6.07) is 0. The molecular formula is C10H14N2O3. The van der Waals surface area contributed by atoms with Crippen LogP contribution >= 0.6 is 0 Å². The maximum absolute atomic E-state index is 10.9. The normalized spacial score (nSPS) is 14.2. The van der Waals surface area contributed by atoms with Crippen LogP contribution in [0.2, 0.25) is 0 Å². The predicted octanol–water partition coefficient (Wildman–Crippen LogP) is 0.716. The van der Waals surface area contributed by atoms with Gasteiger partial charge in [-0.25, -0.2) is 4.79 Å². The van der Waals surface area contributed by atoms with Gasteiger partial charge < -0.3 is 9.84 Å². The van der Waals surface area contributed by atoms with Crippen LogP contribution < -0.4 is 0 Å². The molecule has 0 bridgehead atoms. The lowest BCUT2D eigenvalue weighted by molar-refractivity contribution is 0.0687. The van der Waals surface area contributed by atoms with Crippen molar-refractivity contribution in [3.05, 3.63) is 17.0 Å². The fourth-order valence-corrected chi connectivity index (χ4v) is 2.04. The molecule has 82 valence electrons. The highest BCUT2D eigenvalue weighted by Gasteiger charge is 2.25. The first kappa shape index (κ1) is 10.2. The van der Waals surface area contributed by atoms with Crippen molar-refractivity contribution in [3.63, 3.8) is 0 Å². The second-order valence-corrected chi connectivity index (χ2v) is 3.65. The minimum atomic E-state index is -0.927. The van der Waals surface area contributed by atoms with Gasteiger partial charge in [-0.1, -0.05) is 0 Å². The van der Waals surface area contributed by atoms with E-state index in [1.807, 2.05) is 0 Å². The molecule has 1 N–H and O–H groups in total. The summed E-state index contributed by atoms with van der Waals surface area (Å²) in [5.74, 6) is -0.927. The summed E-state index contributed by atoms with van der Waals surface area (Å²) in [5, 5.41) is 13.1. The lowest BCUT2D eigenvalue weighted by Gasteiger charge is -2.03. The molecule has 0 atom stereocenters. The zero-order valence-corrected chi connectivity index (χ0v) is 8.69. The smallest absolute Gasteiger partial charge is 0.356 e. The second kappa shape index (κ2) is 4.02. The molecule has 1 aliphatic carbocycles. The molecule has 0 aromatic carbocycles. The number of hydrogen-bond acceptors (Lipinski definition) is 3. The van der Waals surface area contributed by atoms with Gasteiger partial charge in [0.05, 0.1) is 13.2 Å². The molecule has 15 heavy (non-hydrogen) atoms. The average molecular weight is 210 g/mol. The van der Waals surface area contributed by atoms with Crippen LogP contribution in [0.25, 0.3) is 0 Å². The van der Waals surface area contributed by atoms with Crippen molar-refractivity contribution >= 4 is 5.97 Å². The van der Waals surface area contributed by atoms with Crippen LogP contribution in [-0.4, -0.2) is 34.6 Å². The van der Waals surface area contributed by atoms with E-state index in [0.717, 1.165) is 30.5 Å². The first-order valence-corrected chi connectivity index (χ1v) is 5.05. The molecule has 1 heterocycles. The Balaban J connectivity index is 2.31. The van der Waals surface area contributed by atoms with E-state index >= 15 is 0 Å². The third-order valence-corrected chi connectivity index (χ3v) is 2.72. The highest BCUT2D eigenvalue weighted by molar-refractivity contribution is 5.87. The van der Waals surface area contributed by atoms with Crippen LogP contribution in [0.4, 0.5) is 0 Å². The fraction of sp³-hybridized carbons (Fsp3) is 0.600. The van der Waals surface area contributed by atoms with Gasteiger partial charge in [-0.15, -0.1) is 0 Å². The zero-order valence-electron chi connectivity index (χ0n) is 8.69. The second-order valence-electron chi connectivity index (χ2n) is 3.65. The van der Waals surface area contributed by atoms with Gasteiger partial charge >= 0.3 is 5.97 Å². The van der Waals surface area contributed by atoms with E-state index in [0.29, 0.717) is 13.2 Å². The molecule has 0 amide bonds. The van der Waals surface area contributed by atoms with E-state index < -0.39 is 5.97 Å². The summed E-state index contributed by atoms with van der Waals surface area (Å²) in [6.45, 7) is 1.19. The monoisotopic (exact) mass is 210 g/mol. The maximum atomic E-state index is 10.9. The molecular weight excluding hydrogens is 196 g/mol. The summed E-state index contributed by atoms with van der Waals surface area (Å²) < 4.78 is 6.74. The summed E-state index contributed by atoms with van der Waals surface area (Å²) in [7, 11) is 1.63. The Kier molecular flexibility index (Phi) is 2.73. The molecule has 0 saturated carbocycles. The van der Waals surface area contributed by atoms with E-state index in [1.165, 1.54) is 0 Å². The number of nitrogens with zero attached hydrogens (tertiary/aromatic N) is 2. The van der Waals surface area contributed by atoms with Gasteiger partial charge in [0.1, 0.15) is 0 Å². The highest BCUT2D eigenvalue weighted by atomic mass is 16.5. The Bertz CT molecular complexity index is 384. The number of carbonyl (C=O) groups is 1. The van der Waals surface area contributed by atoms with Crippen molar-refractivity contribution in [1.82, 2.24) is 9.78 Å². The molecule has 0 spiro atoms. The molecule has 1 aromatic heterocycles. The van der Waals surface area contributed by atoms with Crippen LogP contribution in [0, 0.1) is 0 Å². The van der Waals surface area contributed by atoms with Crippen LogP contribution in [0.15, 0.2) is 0 Å². The summed E-state index contributed by atoms with van der Waals surface area (Å²) >= 11 is 0. The fourth-order valence-electron chi connectivity index (χ4n) is 2.04. The van der Waals surface area contributed by atoms with Gasteiger partial charge in [0, 0.05) is 18.4 Å². The predicted molar refractivity (Wildman–Crippen MR) is 53.1 cm³/mol. The van der Waals surface area contributed by atoms with E-state index in [4.69, 9.17) is 9.84 Å². The van der Waals surface area contributed by atoms with Crippen LogP contribution in [0.5, 0.6) is 0 Å². The van der Waals surface area contributed by atoms with E-state index in [1.54, 1.807) is 11.8 Å². The van der Waals surface area contributed by atoms with Gasteiger partial charge in [-0.2, -0.15) is 5.10 Å². The molecule has 5 nitrogen and oxygen atoms in total. The van der Waals surface area contributed by atoms with Gasteiger partial charge in [-0.3, -0.25) is 4.68 Å². The number of aromatic nitrogens is 2. The number of fused-ring (bicyclic) bond motifs is 1. The molecule has 0 saturated heterocycles. The number of aromatic carboxylic acids is 1. The molecule has 0 radical (unpaired) electrons. The van der Waals surface area contributed by atoms with Crippen LogP contribution in [-0.2, 0) is 24.1 Å². The van der Waals surface area contributed by atoms with Crippen molar-refractivity contribution in [2.24, 2.45) is 0 Å². The molecule has 1 aromatic rings. The topological polar surface area (TPSA) is 64.4 Å². The molecule has 5 heteroatoms. The third-order valence-electron chi connectivity index (χ3n) is 2.72. The Morgan fingerprint density at radius 1 is 1.60 bits per heavy atom. The number of carboxylic acids is 1. The number of methoxy groups -OCH3 is 1. The van der Waals surface area contributed by atoms with Crippen molar-refractivity contribution in [3.8, 4) is 0 Å². The van der Waals surface area contributed by atoms with Crippen molar-refractivity contribution in [2.75, 3.05) is 13.7 Å². The first-order valence-electron chi connectivity index (χ1n) is 5.05. The first-order chi connectivity index (χ1) is 7.24. The Hall–Kier alpha value is -1.36. The molecule has 1 aliphatic rings. The quantitative estimate of drug-likeness (QED) is 0.795. The van der Waals surface area contributed by atoms with Gasteiger partial charge in [0.15, 0.2) is 5.69 Å². The number of rotatable bonds is 4. The maximum Gasteiger partial charge on any atom is 0.356 e. The third kappa shape index (κ3) is 1.74. The zero-order chi connectivity index (χ0) is 10.8. The average Bonchev–Trinajstić information content (AvgIpc) is 2.75. The van der Waals surface area contributed by atoms with Gasteiger partial charge in [0.25, 0.3) is 0 Å². The number of hydrogen-bond donors (Lipinski definition) is 1. The lowest BCUT2D eigenvalue weighted by Crippen LogP contribution is -2.10. The number of ether oxygens (including phenoxy) is 1. The summed E-state index contributed by atoms with van der Waals surface area (Å²) in [6.07, 6.45) is 2.80. The molecule has 0 fully saturated rings. The highest BCUT2D eigenvalue weighted by Crippen LogP contribution is 2.25. The van der Waals surface area contributed by atoms with Crippen molar-refractivity contribution in [1.29, 1.82) is 0 Å².